The Kier molecular flexibility index (Phi) is 6.41. The molecule has 1 aliphatic heterocycles. The number of aromatic nitrogens is 3. The lowest BCUT2D eigenvalue weighted by Gasteiger charge is -2.36. The van der Waals surface area contributed by atoms with Gasteiger partial charge in [-0.15, -0.1) is 0 Å². The average molecular weight is 543 g/mol. The molecular formula is C32H35FN4O3. The van der Waals surface area contributed by atoms with Crippen LogP contribution in [0.1, 0.15) is 63.8 Å². The zero-order valence-electron chi connectivity index (χ0n) is 23.4. The van der Waals surface area contributed by atoms with Gasteiger partial charge in [-0.05, 0) is 76.5 Å². The monoisotopic (exact) mass is 542 g/mol. The van der Waals surface area contributed by atoms with Gasteiger partial charge in [0.15, 0.2) is 11.8 Å². The molecule has 8 heteroatoms. The molecule has 1 spiro atoms. The van der Waals surface area contributed by atoms with Gasteiger partial charge in [0, 0.05) is 36.0 Å². The molecule has 0 amide bonds. The van der Waals surface area contributed by atoms with Gasteiger partial charge in [0.25, 0.3) is 0 Å². The number of nitrogens with zero attached hydrogens (tertiary/aromatic N) is 4. The van der Waals surface area contributed by atoms with Crippen LogP contribution in [0, 0.1) is 18.2 Å². The topological polar surface area (TPSA) is 80.0 Å². The predicted octanol–water partition coefficient (Wildman–Crippen LogP) is 6.83. The highest BCUT2D eigenvalue weighted by Crippen LogP contribution is 2.54. The molecule has 7 nitrogen and oxygen atoms in total. The van der Waals surface area contributed by atoms with Crippen molar-refractivity contribution in [1.29, 1.82) is 0 Å². The number of carboxylic acids is 1. The molecule has 1 saturated carbocycles. The van der Waals surface area contributed by atoms with Crippen LogP contribution in [0.2, 0.25) is 0 Å². The van der Waals surface area contributed by atoms with E-state index >= 15 is 0 Å². The van der Waals surface area contributed by atoms with Gasteiger partial charge in [0.05, 0.1) is 16.9 Å². The van der Waals surface area contributed by atoms with E-state index in [4.69, 9.17) is 14.8 Å². The Morgan fingerprint density at radius 2 is 1.73 bits per heavy atom. The minimum Gasteiger partial charge on any atom is -0.479 e. The average Bonchev–Trinajstić information content (AvgIpc) is 3.53. The lowest BCUT2D eigenvalue weighted by molar-refractivity contribution is -0.160. The summed E-state index contributed by atoms with van der Waals surface area (Å²) in [6.45, 7) is 9.07. The van der Waals surface area contributed by atoms with E-state index in [1.807, 2.05) is 64.1 Å². The first kappa shape index (κ1) is 26.4. The van der Waals surface area contributed by atoms with Crippen LogP contribution in [-0.2, 0) is 9.53 Å². The highest BCUT2D eigenvalue weighted by Gasteiger charge is 2.45. The number of fused-ring (bicyclic) bond motifs is 1. The smallest absolute Gasteiger partial charge is 0.337 e. The van der Waals surface area contributed by atoms with Gasteiger partial charge in [-0.25, -0.2) is 14.2 Å². The molecule has 0 unspecified atom stereocenters. The molecule has 1 N–H and O–H groups in total. The van der Waals surface area contributed by atoms with Crippen LogP contribution in [0.4, 0.5) is 10.2 Å². The van der Waals surface area contributed by atoms with Crippen molar-refractivity contribution in [3.63, 3.8) is 0 Å². The maximum atomic E-state index is 14.5. The molecule has 3 heterocycles. The second kappa shape index (κ2) is 9.70. The molecule has 0 bridgehead atoms. The number of hydrogen-bond donors (Lipinski definition) is 1. The van der Waals surface area contributed by atoms with Gasteiger partial charge in [0.2, 0.25) is 0 Å². The first-order chi connectivity index (χ1) is 19.0. The van der Waals surface area contributed by atoms with Crippen LogP contribution in [0.5, 0.6) is 0 Å². The lowest BCUT2D eigenvalue weighted by Crippen LogP contribution is -2.38. The van der Waals surface area contributed by atoms with Gasteiger partial charge in [-0.2, -0.15) is 9.61 Å². The molecule has 1 atom stereocenters. The number of carboxylic acid groups (broad SMARTS) is 1. The molecular weight excluding hydrogens is 507 g/mol. The Morgan fingerprint density at radius 1 is 1.02 bits per heavy atom. The van der Waals surface area contributed by atoms with E-state index in [1.54, 1.807) is 16.6 Å². The van der Waals surface area contributed by atoms with Crippen molar-refractivity contribution in [2.24, 2.45) is 5.41 Å². The van der Waals surface area contributed by atoms with Gasteiger partial charge in [-0.1, -0.05) is 36.4 Å². The molecule has 1 saturated heterocycles. The SMILES string of the molecule is Cc1nc2cc(-c3cccc(-c4ccccc4F)c3)nn2c(N2CCC3(CC2)CC3)c1[C@H](OC(C)(C)C)C(=O)O. The van der Waals surface area contributed by atoms with E-state index in [0.29, 0.717) is 33.6 Å². The van der Waals surface area contributed by atoms with Crippen molar-refractivity contribution in [3.8, 4) is 22.4 Å². The molecule has 0 radical (unpaired) electrons. The molecule has 1 aliphatic carbocycles. The number of anilines is 1. The largest absolute Gasteiger partial charge is 0.479 e. The number of hydrogen-bond acceptors (Lipinski definition) is 5. The van der Waals surface area contributed by atoms with Crippen molar-refractivity contribution < 1.29 is 19.0 Å². The van der Waals surface area contributed by atoms with Crippen LogP contribution in [0.3, 0.4) is 0 Å². The lowest BCUT2D eigenvalue weighted by atomic mass is 9.93. The van der Waals surface area contributed by atoms with Crippen LogP contribution < -0.4 is 4.90 Å². The second-order valence-electron chi connectivity index (χ2n) is 12.2. The predicted molar refractivity (Wildman–Crippen MR) is 153 cm³/mol. The second-order valence-corrected chi connectivity index (χ2v) is 12.2. The first-order valence-electron chi connectivity index (χ1n) is 13.9. The van der Waals surface area contributed by atoms with E-state index in [9.17, 15) is 14.3 Å². The Balaban J connectivity index is 1.50. The van der Waals surface area contributed by atoms with Gasteiger partial charge in [0.1, 0.15) is 11.6 Å². The summed E-state index contributed by atoms with van der Waals surface area (Å²) < 4.78 is 22.4. The van der Waals surface area contributed by atoms with E-state index in [0.717, 1.165) is 42.9 Å². The maximum Gasteiger partial charge on any atom is 0.337 e. The third-order valence-electron chi connectivity index (χ3n) is 8.19. The molecule has 4 aromatic rings. The van der Waals surface area contributed by atoms with Crippen molar-refractivity contribution >= 4 is 17.4 Å². The number of ether oxygens (including phenoxy) is 1. The van der Waals surface area contributed by atoms with Crippen molar-refractivity contribution in [2.75, 3.05) is 18.0 Å². The number of aryl methyl sites for hydroxylation is 1. The molecule has 2 fully saturated rings. The molecule has 2 aliphatic rings. The summed E-state index contributed by atoms with van der Waals surface area (Å²) in [5.74, 6) is -0.608. The summed E-state index contributed by atoms with van der Waals surface area (Å²) in [5.41, 5.74) is 4.35. The summed E-state index contributed by atoms with van der Waals surface area (Å²) in [7, 11) is 0. The van der Waals surface area contributed by atoms with Crippen molar-refractivity contribution in [2.45, 2.75) is 65.1 Å². The fourth-order valence-electron chi connectivity index (χ4n) is 5.86. The summed E-state index contributed by atoms with van der Waals surface area (Å²) in [6, 6.07) is 16.3. The van der Waals surface area contributed by atoms with E-state index in [1.165, 1.54) is 18.9 Å². The summed E-state index contributed by atoms with van der Waals surface area (Å²) in [4.78, 5) is 19.7. The van der Waals surface area contributed by atoms with Crippen LogP contribution >= 0.6 is 0 Å². The minimum atomic E-state index is -1.19. The number of carbonyl (C=O) groups is 1. The number of rotatable bonds is 6. The van der Waals surface area contributed by atoms with Crippen molar-refractivity contribution in [3.05, 3.63) is 71.7 Å². The third kappa shape index (κ3) is 4.96. The van der Waals surface area contributed by atoms with Crippen molar-refractivity contribution in [1.82, 2.24) is 14.6 Å². The standard InChI is InChI=1S/C32H35FN4O3/c1-20-27(28(30(38)39)40-31(2,3)4)29(36-16-14-32(12-13-32)15-17-36)37-26(34-20)19-25(35-37)22-9-7-8-21(18-22)23-10-5-6-11-24(23)33/h5-11,18-19,28H,12-17H2,1-4H3,(H,38,39)/t28-/m0/s1. The summed E-state index contributed by atoms with van der Waals surface area (Å²) in [6.07, 6.45) is 3.50. The molecule has 6 rings (SSSR count). The maximum absolute atomic E-state index is 14.5. The molecule has 208 valence electrons. The molecule has 2 aromatic carbocycles. The third-order valence-corrected chi connectivity index (χ3v) is 8.19. The van der Waals surface area contributed by atoms with Gasteiger partial charge < -0.3 is 14.7 Å². The van der Waals surface area contributed by atoms with E-state index in [-0.39, 0.29) is 5.82 Å². The Hall–Kier alpha value is -3.78. The Labute approximate surface area is 233 Å². The van der Waals surface area contributed by atoms with Gasteiger partial charge in [-0.3, -0.25) is 0 Å². The van der Waals surface area contributed by atoms with Crippen LogP contribution in [0.25, 0.3) is 28.0 Å². The van der Waals surface area contributed by atoms with E-state index < -0.39 is 17.7 Å². The summed E-state index contributed by atoms with van der Waals surface area (Å²) >= 11 is 0. The quantitative estimate of drug-likeness (QED) is 0.288. The van der Waals surface area contributed by atoms with Gasteiger partial charge >= 0.3 is 5.97 Å². The fourth-order valence-corrected chi connectivity index (χ4v) is 5.86. The minimum absolute atomic E-state index is 0.282. The number of benzene rings is 2. The summed E-state index contributed by atoms with van der Waals surface area (Å²) in [5, 5.41) is 15.3. The fraction of sp³-hybridized carbons (Fsp3) is 0.406. The number of halogens is 1. The van der Waals surface area contributed by atoms with E-state index in [2.05, 4.69) is 4.90 Å². The highest BCUT2D eigenvalue weighted by atomic mass is 19.1. The van der Waals surface area contributed by atoms with Crippen LogP contribution in [0.15, 0.2) is 54.6 Å². The number of aliphatic carboxylic acids is 1. The Bertz CT molecular complexity index is 1590. The highest BCUT2D eigenvalue weighted by molar-refractivity contribution is 5.79. The molecule has 2 aromatic heterocycles. The molecule has 40 heavy (non-hydrogen) atoms. The Morgan fingerprint density at radius 3 is 2.38 bits per heavy atom. The van der Waals surface area contributed by atoms with Crippen LogP contribution in [-0.4, -0.2) is 44.4 Å². The zero-order valence-corrected chi connectivity index (χ0v) is 23.4. The number of piperidine rings is 1. The first-order valence-corrected chi connectivity index (χ1v) is 13.9. The normalized spacial score (nSPS) is 17.4. The zero-order chi connectivity index (χ0) is 28.2.